The van der Waals surface area contributed by atoms with Crippen LogP contribution in [0.1, 0.15) is 6.42 Å². The number of nitrogens with zero attached hydrogens (tertiary/aromatic N) is 2. The lowest BCUT2D eigenvalue weighted by molar-refractivity contribution is -0.198. The SMILES string of the molecule is C=C1N=C(N)C=CN1[C@H]1C[C@H](O)[C@](CO)(C(F)F)O1. The number of aliphatic imine (C=N–C) groups is 1. The number of hydrogen-bond acceptors (Lipinski definition) is 6. The Kier molecular flexibility index (Phi) is 3.57. The normalized spacial score (nSPS) is 35.1. The van der Waals surface area contributed by atoms with Crippen LogP contribution in [0.25, 0.3) is 0 Å². The average molecular weight is 275 g/mol. The summed E-state index contributed by atoms with van der Waals surface area (Å²) in [5.74, 6) is 0.460. The Morgan fingerprint density at radius 1 is 1.68 bits per heavy atom. The number of nitrogens with two attached hydrogens (primary N) is 1. The summed E-state index contributed by atoms with van der Waals surface area (Å²) >= 11 is 0. The molecule has 2 heterocycles. The minimum absolute atomic E-state index is 0.0936. The molecule has 0 radical (unpaired) electrons. The first-order chi connectivity index (χ1) is 8.90. The first-order valence-corrected chi connectivity index (χ1v) is 5.65. The maximum absolute atomic E-state index is 13.0. The van der Waals surface area contributed by atoms with Gasteiger partial charge in [0.1, 0.15) is 17.9 Å². The fraction of sp³-hybridized carbons (Fsp3) is 0.545. The molecule has 4 N–H and O–H groups in total. The van der Waals surface area contributed by atoms with Gasteiger partial charge in [-0.3, -0.25) is 0 Å². The number of hydrogen-bond donors (Lipinski definition) is 3. The van der Waals surface area contributed by atoms with Gasteiger partial charge in [0, 0.05) is 12.6 Å². The molecular formula is C11H15F2N3O3. The molecular weight excluding hydrogens is 260 g/mol. The maximum atomic E-state index is 13.0. The highest BCUT2D eigenvalue weighted by Gasteiger charge is 2.56. The standard InChI is InChI=1S/C11H15F2N3O3/c1-6-15-8(14)2-3-16(6)9-4-7(18)11(5-17,19-9)10(12)13/h2-3,7,9-10,17-18H,1,4-5H2,(H2,14,15)/t7-,9+,11+/m0/s1. The van der Waals surface area contributed by atoms with E-state index in [9.17, 15) is 13.9 Å². The summed E-state index contributed by atoms with van der Waals surface area (Å²) < 4.78 is 31.2. The Morgan fingerprint density at radius 3 is 2.84 bits per heavy atom. The Bertz CT molecular complexity index is 441. The van der Waals surface area contributed by atoms with Gasteiger partial charge in [0.25, 0.3) is 6.43 Å². The summed E-state index contributed by atoms with van der Waals surface area (Å²) in [5.41, 5.74) is 3.19. The van der Waals surface area contributed by atoms with E-state index >= 15 is 0 Å². The summed E-state index contributed by atoms with van der Waals surface area (Å²) in [5, 5.41) is 18.9. The number of ether oxygens (including phenoxy) is 1. The van der Waals surface area contributed by atoms with E-state index in [-0.39, 0.29) is 18.1 Å². The van der Waals surface area contributed by atoms with E-state index in [0.717, 1.165) is 0 Å². The second-order valence-corrected chi connectivity index (χ2v) is 4.41. The van der Waals surface area contributed by atoms with Crippen LogP contribution in [-0.4, -0.2) is 51.9 Å². The number of aliphatic hydroxyl groups excluding tert-OH is 2. The zero-order valence-corrected chi connectivity index (χ0v) is 10.0. The fourth-order valence-electron chi connectivity index (χ4n) is 2.10. The third-order valence-corrected chi connectivity index (χ3v) is 3.23. The molecule has 2 rings (SSSR count). The zero-order valence-electron chi connectivity index (χ0n) is 10.0. The first kappa shape index (κ1) is 13.9. The molecule has 0 aromatic heterocycles. The molecule has 6 nitrogen and oxygen atoms in total. The van der Waals surface area contributed by atoms with E-state index in [0.29, 0.717) is 0 Å². The fourth-order valence-corrected chi connectivity index (χ4v) is 2.10. The molecule has 0 aromatic rings. The summed E-state index contributed by atoms with van der Waals surface area (Å²) in [7, 11) is 0. The predicted molar refractivity (Wildman–Crippen MR) is 63.1 cm³/mol. The van der Waals surface area contributed by atoms with Gasteiger partial charge in [-0.05, 0) is 6.08 Å². The van der Waals surface area contributed by atoms with Crippen LogP contribution in [0.4, 0.5) is 8.78 Å². The Hall–Kier alpha value is -1.51. The van der Waals surface area contributed by atoms with Gasteiger partial charge in [-0.25, -0.2) is 13.8 Å². The van der Waals surface area contributed by atoms with Crippen molar-refractivity contribution in [1.29, 1.82) is 0 Å². The molecule has 19 heavy (non-hydrogen) atoms. The van der Waals surface area contributed by atoms with Crippen LogP contribution >= 0.6 is 0 Å². The third kappa shape index (κ3) is 2.22. The second kappa shape index (κ2) is 4.87. The second-order valence-electron chi connectivity index (χ2n) is 4.41. The van der Waals surface area contributed by atoms with Crippen LogP contribution in [-0.2, 0) is 4.74 Å². The molecule has 2 aliphatic heterocycles. The van der Waals surface area contributed by atoms with Crippen LogP contribution in [0, 0.1) is 0 Å². The van der Waals surface area contributed by atoms with Gasteiger partial charge in [-0.1, -0.05) is 6.58 Å². The molecule has 0 aromatic carbocycles. The molecule has 0 unspecified atom stereocenters. The van der Waals surface area contributed by atoms with Gasteiger partial charge >= 0.3 is 0 Å². The van der Waals surface area contributed by atoms with E-state index in [1.165, 1.54) is 17.2 Å². The Labute approximate surface area is 108 Å². The molecule has 0 bridgehead atoms. The molecule has 8 heteroatoms. The minimum atomic E-state index is -3.01. The number of halogens is 2. The smallest absolute Gasteiger partial charge is 0.272 e. The molecule has 0 spiro atoms. The van der Waals surface area contributed by atoms with Crippen molar-refractivity contribution in [2.24, 2.45) is 10.7 Å². The number of rotatable bonds is 3. The molecule has 1 saturated heterocycles. The van der Waals surface area contributed by atoms with Crippen LogP contribution < -0.4 is 5.73 Å². The summed E-state index contributed by atoms with van der Waals surface area (Å²) in [6.07, 6.45) is -2.51. The van der Waals surface area contributed by atoms with Crippen molar-refractivity contribution in [3.63, 3.8) is 0 Å². The maximum Gasteiger partial charge on any atom is 0.272 e. The van der Waals surface area contributed by atoms with Crippen LogP contribution in [0.15, 0.2) is 29.7 Å². The summed E-state index contributed by atoms with van der Waals surface area (Å²) in [6.45, 7) is 2.66. The summed E-state index contributed by atoms with van der Waals surface area (Å²) in [6, 6.07) is 0. The lowest BCUT2D eigenvalue weighted by Gasteiger charge is -2.32. The molecule has 1 fully saturated rings. The van der Waals surface area contributed by atoms with Crippen molar-refractivity contribution in [2.75, 3.05) is 6.61 Å². The van der Waals surface area contributed by atoms with E-state index in [2.05, 4.69) is 11.6 Å². The minimum Gasteiger partial charge on any atom is -0.393 e. The molecule has 3 atom stereocenters. The van der Waals surface area contributed by atoms with E-state index in [1.807, 2.05) is 0 Å². The molecule has 0 amide bonds. The monoisotopic (exact) mass is 275 g/mol. The lowest BCUT2D eigenvalue weighted by atomic mass is 9.98. The lowest BCUT2D eigenvalue weighted by Crippen LogP contribution is -2.50. The van der Waals surface area contributed by atoms with Gasteiger partial charge in [0.15, 0.2) is 5.60 Å². The molecule has 0 aliphatic carbocycles. The van der Waals surface area contributed by atoms with Gasteiger partial charge in [-0.2, -0.15) is 0 Å². The van der Waals surface area contributed by atoms with Crippen LogP contribution in [0.2, 0.25) is 0 Å². The topological polar surface area (TPSA) is 91.3 Å². The van der Waals surface area contributed by atoms with Crippen molar-refractivity contribution in [1.82, 2.24) is 4.90 Å². The van der Waals surface area contributed by atoms with Gasteiger partial charge in [0.2, 0.25) is 0 Å². The van der Waals surface area contributed by atoms with Crippen molar-refractivity contribution < 1.29 is 23.7 Å². The number of amidine groups is 1. The van der Waals surface area contributed by atoms with Crippen molar-refractivity contribution in [3.8, 4) is 0 Å². The third-order valence-electron chi connectivity index (χ3n) is 3.23. The van der Waals surface area contributed by atoms with Crippen molar-refractivity contribution in [2.45, 2.75) is 30.8 Å². The van der Waals surface area contributed by atoms with E-state index in [1.54, 1.807) is 0 Å². The van der Waals surface area contributed by atoms with E-state index < -0.39 is 31.0 Å². The summed E-state index contributed by atoms with van der Waals surface area (Å²) in [4.78, 5) is 5.27. The van der Waals surface area contributed by atoms with Crippen molar-refractivity contribution >= 4 is 5.84 Å². The molecule has 0 saturated carbocycles. The molecule has 2 aliphatic rings. The highest BCUT2D eigenvalue weighted by atomic mass is 19.3. The highest BCUT2D eigenvalue weighted by molar-refractivity contribution is 5.92. The Balaban J connectivity index is 2.18. The predicted octanol–water partition coefficient (Wildman–Crippen LogP) is -0.252. The van der Waals surface area contributed by atoms with E-state index in [4.69, 9.17) is 15.6 Å². The van der Waals surface area contributed by atoms with Gasteiger partial charge in [0.05, 0.1) is 12.7 Å². The molecule has 106 valence electrons. The van der Waals surface area contributed by atoms with Gasteiger partial charge < -0.3 is 25.6 Å². The Morgan fingerprint density at radius 2 is 2.37 bits per heavy atom. The quantitative estimate of drug-likeness (QED) is 0.660. The highest BCUT2D eigenvalue weighted by Crippen LogP contribution is 2.38. The van der Waals surface area contributed by atoms with Crippen LogP contribution in [0.5, 0.6) is 0 Å². The van der Waals surface area contributed by atoms with Crippen molar-refractivity contribution in [3.05, 3.63) is 24.7 Å². The number of aliphatic hydroxyl groups is 2. The largest absolute Gasteiger partial charge is 0.393 e. The van der Waals surface area contributed by atoms with Gasteiger partial charge in [-0.15, -0.1) is 0 Å². The number of alkyl halides is 2. The van der Waals surface area contributed by atoms with Crippen LogP contribution in [0.3, 0.4) is 0 Å². The first-order valence-electron chi connectivity index (χ1n) is 5.65. The average Bonchev–Trinajstić information content (AvgIpc) is 2.67. The zero-order chi connectivity index (χ0) is 14.2.